The van der Waals surface area contributed by atoms with E-state index in [1.807, 2.05) is 0 Å². The molecule has 7 heteroatoms. The Morgan fingerprint density at radius 1 is 1.43 bits per heavy atom. The Kier molecular flexibility index (Phi) is 4.62. The molecule has 1 atom stereocenters. The van der Waals surface area contributed by atoms with Crippen LogP contribution in [0.3, 0.4) is 0 Å². The van der Waals surface area contributed by atoms with Gasteiger partial charge in [0.25, 0.3) is 0 Å². The van der Waals surface area contributed by atoms with Gasteiger partial charge in [-0.05, 0) is 19.9 Å². The number of carbonyl (C=O) groups excluding carboxylic acids is 1. The molecule has 21 heavy (non-hydrogen) atoms. The molecule has 1 aromatic heterocycles. The van der Waals surface area contributed by atoms with Gasteiger partial charge < -0.3 is 9.84 Å². The summed E-state index contributed by atoms with van der Waals surface area (Å²) >= 11 is 0. The summed E-state index contributed by atoms with van der Waals surface area (Å²) in [5.74, 6) is -0.727. The molecule has 1 heterocycles. The minimum atomic E-state index is -0.685. The fourth-order valence-electron chi connectivity index (χ4n) is 1.91. The van der Waals surface area contributed by atoms with Crippen molar-refractivity contribution >= 4 is 5.91 Å². The SMILES string of the molecule is Cc1noc(CCC(=O)N[C@@H](C)c2ccc(F)cc2F)n1. The lowest BCUT2D eigenvalue weighted by atomic mass is 10.1. The molecule has 1 aromatic carbocycles. The number of nitrogens with zero attached hydrogens (tertiary/aromatic N) is 2. The predicted molar refractivity (Wildman–Crippen MR) is 70.3 cm³/mol. The predicted octanol–water partition coefficient (Wildman–Crippen LogP) is 2.47. The van der Waals surface area contributed by atoms with E-state index in [0.717, 1.165) is 12.1 Å². The maximum Gasteiger partial charge on any atom is 0.227 e. The van der Waals surface area contributed by atoms with Crippen molar-refractivity contribution in [3.63, 3.8) is 0 Å². The Bertz CT molecular complexity index is 643. The summed E-state index contributed by atoms with van der Waals surface area (Å²) in [4.78, 5) is 15.8. The lowest BCUT2D eigenvalue weighted by Crippen LogP contribution is -2.27. The molecule has 112 valence electrons. The summed E-state index contributed by atoms with van der Waals surface area (Å²) in [7, 11) is 0. The zero-order chi connectivity index (χ0) is 15.4. The number of halogens is 2. The van der Waals surface area contributed by atoms with E-state index in [1.165, 1.54) is 6.07 Å². The number of nitrogens with one attached hydrogen (secondary N) is 1. The second kappa shape index (κ2) is 6.43. The molecule has 0 spiro atoms. The fraction of sp³-hybridized carbons (Fsp3) is 0.357. The minimum Gasteiger partial charge on any atom is -0.349 e. The summed E-state index contributed by atoms with van der Waals surface area (Å²) in [5, 5.41) is 6.26. The monoisotopic (exact) mass is 295 g/mol. The van der Waals surface area contributed by atoms with E-state index in [2.05, 4.69) is 15.5 Å². The molecule has 2 rings (SSSR count). The van der Waals surface area contributed by atoms with Crippen LogP contribution in [0.4, 0.5) is 8.78 Å². The number of hydrogen-bond donors (Lipinski definition) is 1. The van der Waals surface area contributed by atoms with E-state index < -0.39 is 17.7 Å². The van der Waals surface area contributed by atoms with Crippen molar-refractivity contribution in [2.75, 3.05) is 0 Å². The number of benzene rings is 1. The topological polar surface area (TPSA) is 68.0 Å². The number of hydrogen-bond acceptors (Lipinski definition) is 4. The molecule has 0 radical (unpaired) electrons. The van der Waals surface area contributed by atoms with Crippen molar-refractivity contribution in [3.8, 4) is 0 Å². The normalized spacial score (nSPS) is 12.2. The largest absolute Gasteiger partial charge is 0.349 e. The van der Waals surface area contributed by atoms with Crippen LogP contribution in [0, 0.1) is 18.6 Å². The van der Waals surface area contributed by atoms with E-state index >= 15 is 0 Å². The van der Waals surface area contributed by atoms with E-state index in [4.69, 9.17) is 4.52 Å². The highest BCUT2D eigenvalue weighted by atomic mass is 19.1. The minimum absolute atomic E-state index is 0.148. The molecule has 0 aliphatic carbocycles. The third-order valence-electron chi connectivity index (χ3n) is 2.94. The maximum atomic E-state index is 13.6. The molecule has 5 nitrogen and oxygen atoms in total. The molecule has 1 N–H and O–H groups in total. The number of amides is 1. The molecule has 0 aliphatic rings. The summed E-state index contributed by atoms with van der Waals surface area (Å²) in [6, 6.07) is 2.71. The smallest absolute Gasteiger partial charge is 0.227 e. The van der Waals surface area contributed by atoms with Crippen LogP contribution in [0.25, 0.3) is 0 Å². The average molecular weight is 295 g/mol. The second-order valence-electron chi connectivity index (χ2n) is 4.69. The van der Waals surface area contributed by atoms with Crippen molar-refractivity contribution in [2.45, 2.75) is 32.7 Å². The van der Waals surface area contributed by atoms with E-state index in [0.29, 0.717) is 18.1 Å². The van der Waals surface area contributed by atoms with Gasteiger partial charge in [-0.25, -0.2) is 8.78 Å². The average Bonchev–Trinajstić information content (AvgIpc) is 2.82. The Hall–Kier alpha value is -2.31. The maximum absolute atomic E-state index is 13.6. The molecule has 0 saturated heterocycles. The zero-order valence-corrected chi connectivity index (χ0v) is 11.7. The second-order valence-corrected chi connectivity index (χ2v) is 4.69. The first-order chi connectivity index (χ1) is 9.95. The number of aryl methyl sites for hydroxylation is 2. The van der Waals surface area contributed by atoms with Crippen molar-refractivity contribution < 1.29 is 18.1 Å². The van der Waals surface area contributed by atoms with Gasteiger partial charge >= 0.3 is 0 Å². The van der Waals surface area contributed by atoms with Crippen molar-refractivity contribution in [1.82, 2.24) is 15.5 Å². The molecule has 0 fully saturated rings. The standard InChI is InChI=1S/C14H15F2N3O2/c1-8(11-4-3-10(15)7-12(11)16)17-13(20)5-6-14-18-9(2)19-21-14/h3-4,7-8H,5-6H2,1-2H3,(H,17,20)/t8-/m0/s1. The summed E-state index contributed by atoms with van der Waals surface area (Å²) < 4.78 is 31.3. The van der Waals surface area contributed by atoms with Gasteiger partial charge in [0, 0.05) is 24.5 Å². The molecular weight excluding hydrogens is 280 g/mol. The third kappa shape index (κ3) is 4.08. The van der Waals surface area contributed by atoms with E-state index in [-0.39, 0.29) is 17.9 Å². The highest BCUT2D eigenvalue weighted by molar-refractivity contribution is 5.76. The molecule has 0 aliphatic heterocycles. The first kappa shape index (κ1) is 15.1. The highest BCUT2D eigenvalue weighted by Crippen LogP contribution is 2.17. The molecule has 2 aromatic rings. The molecule has 0 saturated carbocycles. The molecular formula is C14H15F2N3O2. The molecule has 0 bridgehead atoms. The van der Waals surface area contributed by atoms with E-state index in [1.54, 1.807) is 13.8 Å². The van der Waals surface area contributed by atoms with Gasteiger partial charge in [0.05, 0.1) is 6.04 Å². The lowest BCUT2D eigenvalue weighted by Gasteiger charge is -2.14. The van der Waals surface area contributed by atoms with Crippen LogP contribution < -0.4 is 5.32 Å². The van der Waals surface area contributed by atoms with Gasteiger partial charge in [0.1, 0.15) is 11.6 Å². The van der Waals surface area contributed by atoms with Crippen molar-refractivity contribution in [1.29, 1.82) is 0 Å². The Morgan fingerprint density at radius 2 is 2.19 bits per heavy atom. The van der Waals surface area contributed by atoms with Crippen molar-refractivity contribution in [3.05, 3.63) is 47.1 Å². The Balaban J connectivity index is 1.89. The Labute approximate surface area is 120 Å². The third-order valence-corrected chi connectivity index (χ3v) is 2.94. The fourth-order valence-corrected chi connectivity index (χ4v) is 1.91. The summed E-state index contributed by atoms with van der Waals surface area (Å²) in [5.41, 5.74) is 0.235. The van der Waals surface area contributed by atoms with Gasteiger partial charge in [-0.15, -0.1) is 0 Å². The van der Waals surface area contributed by atoms with Crippen LogP contribution >= 0.6 is 0 Å². The first-order valence-electron chi connectivity index (χ1n) is 6.49. The van der Waals surface area contributed by atoms with Crippen LogP contribution in [0.5, 0.6) is 0 Å². The van der Waals surface area contributed by atoms with Crippen LogP contribution in [-0.2, 0) is 11.2 Å². The van der Waals surface area contributed by atoms with Crippen LogP contribution in [0.15, 0.2) is 22.7 Å². The van der Waals surface area contributed by atoms with Gasteiger partial charge in [-0.3, -0.25) is 4.79 Å². The van der Waals surface area contributed by atoms with E-state index in [9.17, 15) is 13.6 Å². The van der Waals surface area contributed by atoms with Crippen LogP contribution in [0.1, 0.15) is 36.7 Å². The van der Waals surface area contributed by atoms with Gasteiger partial charge in [0.15, 0.2) is 5.82 Å². The lowest BCUT2D eigenvalue weighted by molar-refractivity contribution is -0.121. The molecule has 0 unspecified atom stereocenters. The number of aromatic nitrogens is 2. The Morgan fingerprint density at radius 3 is 2.81 bits per heavy atom. The highest BCUT2D eigenvalue weighted by Gasteiger charge is 2.15. The summed E-state index contributed by atoms with van der Waals surface area (Å²) in [6.07, 6.45) is 0.458. The molecule has 1 amide bonds. The van der Waals surface area contributed by atoms with Gasteiger partial charge in [-0.2, -0.15) is 4.98 Å². The first-order valence-corrected chi connectivity index (χ1v) is 6.49. The number of carbonyl (C=O) groups is 1. The quantitative estimate of drug-likeness (QED) is 0.920. The number of rotatable bonds is 5. The van der Waals surface area contributed by atoms with Crippen molar-refractivity contribution in [2.24, 2.45) is 0 Å². The summed E-state index contributed by atoms with van der Waals surface area (Å²) in [6.45, 7) is 3.32. The van der Waals surface area contributed by atoms with Crippen LogP contribution in [0.2, 0.25) is 0 Å². The van der Waals surface area contributed by atoms with Gasteiger partial charge in [0.2, 0.25) is 11.8 Å². The van der Waals surface area contributed by atoms with Gasteiger partial charge in [-0.1, -0.05) is 11.2 Å². The van der Waals surface area contributed by atoms with Crippen LogP contribution in [-0.4, -0.2) is 16.0 Å². The zero-order valence-electron chi connectivity index (χ0n) is 11.7.